The van der Waals surface area contributed by atoms with Gasteiger partial charge in [-0.2, -0.15) is 13.2 Å². The molecule has 1 aliphatic rings. The zero-order valence-corrected chi connectivity index (χ0v) is 20.7. The van der Waals surface area contributed by atoms with Crippen molar-refractivity contribution in [2.45, 2.75) is 24.8 Å². The number of carbonyl (C=O) groups is 1. The number of nitrogens with one attached hydrogen (secondary N) is 1. The van der Waals surface area contributed by atoms with Gasteiger partial charge in [0.2, 0.25) is 5.43 Å². The Morgan fingerprint density at radius 1 is 1.00 bits per heavy atom. The number of benzene rings is 2. The molecule has 4 aromatic rings. The maximum absolute atomic E-state index is 14.9. The standard InChI is InChI=1S/C27H18F8N4O2/c28-13-4-6-20(19(32)10-13)39-12-16(23(40)15-5-7-21(36-25(15)39)38-9-8-14(29)11-38)26(41)37-24(27(33,34)35)22-17(30)2-1-3-18(22)31/h1-7,10,12,14,24H,8-9,11H2,(H,37,41)/t14-,24?/m0/s1. The average Bonchev–Trinajstić information content (AvgIpc) is 3.34. The first kappa shape index (κ1) is 28.1. The van der Waals surface area contributed by atoms with Crippen molar-refractivity contribution in [3.63, 3.8) is 0 Å². The molecule has 1 aliphatic heterocycles. The molecule has 41 heavy (non-hydrogen) atoms. The van der Waals surface area contributed by atoms with Gasteiger partial charge in [0.1, 0.15) is 40.8 Å². The number of rotatable bonds is 5. The van der Waals surface area contributed by atoms with Crippen molar-refractivity contribution in [2.24, 2.45) is 0 Å². The van der Waals surface area contributed by atoms with Crippen molar-refractivity contribution in [3.05, 3.63) is 99.3 Å². The molecular weight excluding hydrogens is 564 g/mol. The second-order valence-electron chi connectivity index (χ2n) is 9.29. The van der Waals surface area contributed by atoms with Gasteiger partial charge >= 0.3 is 6.18 Å². The fourth-order valence-electron chi connectivity index (χ4n) is 4.63. The van der Waals surface area contributed by atoms with Crippen LogP contribution in [0.2, 0.25) is 0 Å². The van der Waals surface area contributed by atoms with Crippen LogP contribution in [0.15, 0.2) is 59.5 Å². The first-order chi connectivity index (χ1) is 19.3. The van der Waals surface area contributed by atoms with Crippen molar-refractivity contribution in [3.8, 4) is 5.69 Å². The van der Waals surface area contributed by atoms with Gasteiger partial charge in [0.05, 0.1) is 23.2 Å². The number of alkyl halides is 4. The summed E-state index contributed by atoms with van der Waals surface area (Å²) in [5.41, 5.74) is -4.26. The smallest absolute Gasteiger partial charge is 0.354 e. The van der Waals surface area contributed by atoms with Crippen LogP contribution < -0.4 is 15.6 Å². The van der Waals surface area contributed by atoms with Gasteiger partial charge in [0.25, 0.3) is 5.91 Å². The summed E-state index contributed by atoms with van der Waals surface area (Å²) in [5, 5.41) is 1.11. The number of halogens is 8. The fourth-order valence-corrected chi connectivity index (χ4v) is 4.63. The molecule has 0 saturated carbocycles. The predicted molar refractivity (Wildman–Crippen MR) is 132 cm³/mol. The fraction of sp³-hybridized carbons (Fsp3) is 0.222. The van der Waals surface area contributed by atoms with E-state index in [9.17, 15) is 44.7 Å². The van der Waals surface area contributed by atoms with Crippen LogP contribution >= 0.6 is 0 Å². The molecule has 0 spiro atoms. The summed E-state index contributed by atoms with van der Waals surface area (Å²) < 4.78 is 113. The van der Waals surface area contributed by atoms with Gasteiger partial charge in [-0.15, -0.1) is 0 Å². The number of pyridine rings is 2. The number of fused-ring (bicyclic) bond motifs is 1. The number of hydrogen-bond donors (Lipinski definition) is 1. The highest BCUT2D eigenvalue weighted by molar-refractivity contribution is 5.97. The Kier molecular flexibility index (Phi) is 7.17. The summed E-state index contributed by atoms with van der Waals surface area (Å²) in [6, 6.07) is 3.59. The highest BCUT2D eigenvalue weighted by atomic mass is 19.4. The zero-order chi connectivity index (χ0) is 29.6. The molecule has 5 rings (SSSR count). The third kappa shape index (κ3) is 5.33. The number of aromatic nitrogens is 2. The molecule has 0 bridgehead atoms. The van der Waals surface area contributed by atoms with Gasteiger partial charge in [-0.25, -0.2) is 26.9 Å². The first-order valence-electron chi connectivity index (χ1n) is 12.1. The van der Waals surface area contributed by atoms with Gasteiger partial charge in [0, 0.05) is 18.8 Å². The molecule has 6 nitrogen and oxygen atoms in total. The van der Waals surface area contributed by atoms with Crippen LogP contribution in [0.3, 0.4) is 0 Å². The SMILES string of the molecule is O=C(NC(c1c(F)cccc1F)C(F)(F)F)c1cn(-c2ccc(F)cc2F)c2nc(N3CC[C@H](F)C3)ccc2c1=O. The lowest BCUT2D eigenvalue weighted by atomic mass is 10.0. The van der Waals surface area contributed by atoms with Gasteiger partial charge in [-0.05, 0) is 42.8 Å². The van der Waals surface area contributed by atoms with Crippen LogP contribution in [0.1, 0.15) is 28.4 Å². The van der Waals surface area contributed by atoms with Crippen LogP contribution in [-0.4, -0.2) is 40.9 Å². The molecule has 214 valence electrons. The topological polar surface area (TPSA) is 67.2 Å². The molecule has 1 fully saturated rings. The molecule has 1 unspecified atom stereocenters. The maximum atomic E-state index is 14.9. The summed E-state index contributed by atoms with van der Waals surface area (Å²) in [7, 11) is 0. The van der Waals surface area contributed by atoms with Gasteiger partial charge < -0.3 is 10.2 Å². The van der Waals surface area contributed by atoms with E-state index in [-0.39, 0.29) is 36.4 Å². The van der Waals surface area contributed by atoms with Crippen molar-refractivity contribution < 1.29 is 39.9 Å². The van der Waals surface area contributed by atoms with Crippen LogP contribution in [0, 0.1) is 23.3 Å². The van der Waals surface area contributed by atoms with Crippen LogP contribution in [0.5, 0.6) is 0 Å². The molecule has 0 aliphatic carbocycles. The molecule has 14 heteroatoms. The second-order valence-corrected chi connectivity index (χ2v) is 9.29. The molecule has 1 saturated heterocycles. The van der Waals surface area contributed by atoms with Crippen molar-refractivity contribution >= 4 is 22.8 Å². The highest BCUT2D eigenvalue weighted by Gasteiger charge is 2.45. The van der Waals surface area contributed by atoms with E-state index in [1.807, 2.05) is 0 Å². The lowest BCUT2D eigenvalue weighted by Crippen LogP contribution is -2.41. The van der Waals surface area contributed by atoms with E-state index in [0.29, 0.717) is 24.4 Å². The lowest BCUT2D eigenvalue weighted by molar-refractivity contribution is -0.156. The summed E-state index contributed by atoms with van der Waals surface area (Å²) in [6.45, 7) is 0.264. The van der Waals surface area contributed by atoms with Gasteiger partial charge in [-0.3, -0.25) is 14.2 Å². The number of anilines is 1. The minimum atomic E-state index is -5.39. The lowest BCUT2D eigenvalue weighted by Gasteiger charge is -2.23. The van der Waals surface area contributed by atoms with Crippen molar-refractivity contribution in [1.82, 2.24) is 14.9 Å². The summed E-state index contributed by atoms with van der Waals surface area (Å²) in [6.07, 6.45) is -5.63. The third-order valence-electron chi connectivity index (χ3n) is 6.60. The molecule has 2 aromatic heterocycles. The molecule has 2 aromatic carbocycles. The zero-order valence-electron chi connectivity index (χ0n) is 20.7. The monoisotopic (exact) mass is 582 g/mol. The minimum absolute atomic E-state index is 0.0143. The van der Waals surface area contributed by atoms with Gasteiger partial charge in [-0.1, -0.05) is 6.07 Å². The second kappa shape index (κ2) is 10.5. The Labute approximate surface area is 225 Å². The van der Waals surface area contributed by atoms with Crippen LogP contribution in [-0.2, 0) is 0 Å². The average molecular weight is 582 g/mol. The molecule has 0 radical (unpaired) electrons. The normalized spacial score (nSPS) is 16.3. The Morgan fingerprint density at radius 3 is 2.32 bits per heavy atom. The first-order valence-corrected chi connectivity index (χ1v) is 12.1. The van der Waals surface area contributed by atoms with E-state index in [2.05, 4.69) is 4.98 Å². The predicted octanol–water partition coefficient (Wildman–Crippen LogP) is 5.52. The summed E-state index contributed by atoms with van der Waals surface area (Å²) in [5.74, 6) is -6.80. The third-order valence-corrected chi connectivity index (χ3v) is 6.60. The quantitative estimate of drug-likeness (QED) is 0.315. The number of hydrogen-bond acceptors (Lipinski definition) is 4. The molecule has 1 N–H and O–H groups in total. The van der Waals surface area contributed by atoms with E-state index < -0.39 is 69.8 Å². The minimum Gasteiger partial charge on any atom is -0.354 e. The van der Waals surface area contributed by atoms with E-state index in [1.165, 1.54) is 17.4 Å². The van der Waals surface area contributed by atoms with E-state index in [4.69, 9.17) is 0 Å². The van der Waals surface area contributed by atoms with E-state index in [0.717, 1.165) is 22.8 Å². The van der Waals surface area contributed by atoms with E-state index in [1.54, 1.807) is 4.90 Å². The molecule has 3 heterocycles. The number of carbonyl (C=O) groups excluding carboxylic acids is 1. The molecule has 1 amide bonds. The summed E-state index contributed by atoms with van der Waals surface area (Å²) >= 11 is 0. The van der Waals surface area contributed by atoms with Crippen LogP contribution in [0.25, 0.3) is 16.7 Å². The van der Waals surface area contributed by atoms with Crippen molar-refractivity contribution in [2.75, 3.05) is 18.0 Å². The Morgan fingerprint density at radius 2 is 1.71 bits per heavy atom. The van der Waals surface area contributed by atoms with Gasteiger partial charge in [0.15, 0.2) is 11.7 Å². The Balaban J connectivity index is 1.67. The van der Waals surface area contributed by atoms with E-state index >= 15 is 0 Å². The molecule has 2 atom stereocenters. The van der Waals surface area contributed by atoms with Crippen LogP contribution in [0.4, 0.5) is 40.9 Å². The number of amides is 1. The highest BCUT2D eigenvalue weighted by Crippen LogP contribution is 2.36. The Bertz CT molecular complexity index is 1700. The maximum Gasteiger partial charge on any atom is 0.413 e. The summed E-state index contributed by atoms with van der Waals surface area (Å²) in [4.78, 5) is 32.3. The van der Waals surface area contributed by atoms with Crippen molar-refractivity contribution in [1.29, 1.82) is 0 Å². The number of nitrogens with zero attached hydrogens (tertiary/aromatic N) is 3. The Hall–Kier alpha value is -4.49. The largest absolute Gasteiger partial charge is 0.413 e. The molecular formula is C27H18F8N4O2.